The number of hydrogen-bond acceptors (Lipinski definition) is 5. The molecule has 5 heteroatoms. The predicted molar refractivity (Wildman–Crippen MR) is 81.0 cm³/mol. The third-order valence-electron chi connectivity index (χ3n) is 3.43. The molecule has 112 valence electrons. The summed E-state index contributed by atoms with van der Waals surface area (Å²) in [6.45, 7) is 1.07. The Kier molecular flexibility index (Phi) is 6.01. The molecular formula is C15H22O4S. The Bertz CT molecular complexity index is 436. The molecule has 0 radical (unpaired) electrons. The first kappa shape index (κ1) is 15.5. The van der Waals surface area contributed by atoms with E-state index in [1.807, 2.05) is 17.8 Å². The minimum Gasteiger partial charge on any atom is -0.493 e. The molecule has 0 aromatic heterocycles. The number of benzene rings is 1. The van der Waals surface area contributed by atoms with Crippen LogP contribution < -0.4 is 9.47 Å². The highest BCUT2D eigenvalue weighted by Gasteiger charge is 2.24. The van der Waals surface area contributed by atoms with Crippen LogP contribution in [0.2, 0.25) is 0 Å². The summed E-state index contributed by atoms with van der Waals surface area (Å²) in [4.78, 5) is 0. The van der Waals surface area contributed by atoms with E-state index in [2.05, 4.69) is 6.07 Å². The first-order valence-corrected chi connectivity index (χ1v) is 7.90. The molecule has 1 atom stereocenters. The minimum atomic E-state index is 0.0657. The van der Waals surface area contributed by atoms with Crippen LogP contribution in [0.25, 0.3) is 0 Å². The predicted octanol–water partition coefficient (Wildman–Crippen LogP) is 2.43. The number of rotatable bonds is 6. The van der Waals surface area contributed by atoms with Crippen molar-refractivity contribution < 1.29 is 19.3 Å². The summed E-state index contributed by atoms with van der Waals surface area (Å²) < 4.78 is 16.5. The minimum absolute atomic E-state index is 0.0657. The fourth-order valence-corrected chi connectivity index (χ4v) is 3.71. The summed E-state index contributed by atoms with van der Waals surface area (Å²) in [7, 11) is 3.35. The van der Waals surface area contributed by atoms with Crippen LogP contribution in [0.4, 0.5) is 0 Å². The lowest BCUT2D eigenvalue weighted by molar-refractivity contribution is 0.0932. The van der Waals surface area contributed by atoms with Gasteiger partial charge in [0.1, 0.15) is 0 Å². The molecule has 1 aliphatic rings. The number of fused-ring (bicyclic) bond motifs is 1. The first-order chi connectivity index (χ1) is 9.81. The van der Waals surface area contributed by atoms with Crippen molar-refractivity contribution in [2.75, 3.05) is 39.8 Å². The average Bonchev–Trinajstić information content (AvgIpc) is 2.69. The summed E-state index contributed by atoms with van der Waals surface area (Å²) in [5.41, 5.74) is 2.50. The van der Waals surface area contributed by atoms with Crippen molar-refractivity contribution in [3.8, 4) is 11.5 Å². The summed E-state index contributed by atoms with van der Waals surface area (Å²) in [6, 6.07) is 4.07. The van der Waals surface area contributed by atoms with Gasteiger partial charge in [-0.1, -0.05) is 6.07 Å². The highest BCUT2D eigenvalue weighted by molar-refractivity contribution is 7.99. The van der Waals surface area contributed by atoms with Crippen LogP contribution in [0.15, 0.2) is 12.1 Å². The van der Waals surface area contributed by atoms with E-state index in [1.165, 1.54) is 11.1 Å². The Morgan fingerprint density at radius 3 is 2.85 bits per heavy atom. The zero-order chi connectivity index (χ0) is 14.4. The van der Waals surface area contributed by atoms with E-state index < -0.39 is 0 Å². The molecule has 0 spiro atoms. The van der Waals surface area contributed by atoms with Gasteiger partial charge in [-0.15, -0.1) is 0 Å². The van der Waals surface area contributed by atoms with Crippen LogP contribution in [0.5, 0.6) is 11.5 Å². The van der Waals surface area contributed by atoms with Crippen molar-refractivity contribution >= 4 is 11.8 Å². The molecular weight excluding hydrogens is 276 g/mol. The van der Waals surface area contributed by atoms with Gasteiger partial charge in [0.15, 0.2) is 11.5 Å². The van der Waals surface area contributed by atoms with Crippen LogP contribution in [0.1, 0.15) is 22.8 Å². The lowest BCUT2D eigenvalue weighted by Crippen LogP contribution is -2.09. The van der Waals surface area contributed by atoms with Crippen molar-refractivity contribution in [1.29, 1.82) is 0 Å². The second-order valence-corrected chi connectivity index (χ2v) is 5.94. The summed E-state index contributed by atoms with van der Waals surface area (Å²) in [5, 5.41) is 9.12. The number of thioether (sulfide) groups is 1. The van der Waals surface area contributed by atoms with Gasteiger partial charge in [-0.2, -0.15) is 11.8 Å². The number of hydrogen-bond donors (Lipinski definition) is 1. The zero-order valence-electron chi connectivity index (χ0n) is 12.1. The molecule has 0 bridgehead atoms. The average molecular weight is 298 g/mol. The smallest absolute Gasteiger partial charge is 0.164 e. The van der Waals surface area contributed by atoms with Gasteiger partial charge in [0.25, 0.3) is 0 Å². The number of aliphatic hydroxyl groups excluding tert-OH is 1. The van der Waals surface area contributed by atoms with E-state index in [0.717, 1.165) is 30.1 Å². The number of methoxy groups -OCH3 is 2. The van der Waals surface area contributed by atoms with Gasteiger partial charge in [-0.25, -0.2) is 0 Å². The van der Waals surface area contributed by atoms with Crippen molar-refractivity contribution in [2.45, 2.75) is 18.1 Å². The van der Waals surface area contributed by atoms with Crippen molar-refractivity contribution in [1.82, 2.24) is 0 Å². The first-order valence-electron chi connectivity index (χ1n) is 6.85. The third-order valence-corrected chi connectivity index (χ3v) is 4.74. The number of aliphatic hydroxyl groups is 1. The standard InChI is InChI=1S/C15H22O4S/c1-17-13-6-5-11-12(15(13)18-2)4-3-9-20-14(11)10-19-8-7-16/h5-6,14,16H,3-4,7-10H2,1-2H3. The van der Waals surface area contributed by atoms with Gasteiger partial charge in [0.05, 0.1) is 39.3 Å². The highest BCUT2D eigenvalue weighted by Crippen LogP contribution is 2.43. The Morgan fingerprint density at radius 1 is 1.30 bits per heavy atom. The lowest BCUT2D eigenvalue weighted by Gasteiger charge is -2.20. The van der Waals surface area contributed by atoms with Crippen LogP contribution in [-0.4, -0.2) is 44.9 Å². The largest absolute Gasteiger partial charge is 0.493 e. The second-order valence-electron chi connectivity index (χ2n) is 4.63. The topological polar surface area (TPSA) is 47.9 Å². The van der Waals surface area contributed by atoms with Crippen LogP contribution in [0.3, 0.4) is 0 Å². The quantitative estimate of drug-likeness (QED) is 0.817. The Morgan fingerprint density at radius 2 is 2.15 bits per heavy atom. The van der Waals surface area contributed by atoms with Gasteiger partial charge in [0.2, 0.25) is 0 Å². The van der Waals surface area contributed by atoms with Crippen LogP contribution in [0, 0.1) is 0 Å². The SMILES string of the molecule is COc1ccc2c(c1OC)CCCSC2COCCO. The van der Waals surface area contributed by atoms with E-state index in [4.69, 9.17) is 19.3 Å². The lowest BCUT2D eigenvalue weighted by atomic mass is 9.99. The second kappa shape index (κ2) is 7.76. The van der Waals surface area contributed by atoms with Crippen LogP contribution in [-0.2, 0) is 11.2 Å². The van der Waals surface area contributed by atoms with E-state index in [1.54, 1.807) is 14.2 Å². The molecule has 20 heavy (non-hydrogen) atoms. The molecule has 1 N–H and O–H groups in total. The van der Waals surface area contributed by atoms with Gasteiger partial charge >= 0.3 is 0 Å². The third kappa shape index (κ3) is 3.40. The van der Waals surface area contributed by atoms with E-state index in [9.17, 15) is 0 Å². The Hall–Kier alpha value is -0.910. The maximum atomic E-state index is 8.83. The summed E-state index contributed by atoms with van der Waals surface area (Å²) in [6.07, 6.45) is 2.12. The van der Waals surface area contributed by atoms with Crippen LogP contribution >= 0.6 is 11.8 Å². The zero-order valence-corrected chi connectivity index (χ0v) is 12.9. The Labute approximate surface area is 124 Å². The molecule has 0 saturated heterocycles. The van der Waals surface area contributed by atoms with Gasteiger partial charge < -0.3 is 19.3 Å². The molecule has 0 amide bonds. The molecule has 2 rings (SSSR count). The van der Waals surface area contributed by atoms with E-state index in [-0.39, 0.29) is 6.61 Å². The van der Waals surface area contributed by atoms with Crippen molar-refractivity contribution in [3.05, 3.63) is 23.3 Å². The molecule has 1 aromatic rings. The molecule has 0 fully saturated rings. The Balaban J connectivity index is 2.29. The van der Waals surface area contributed by atoms with E-state index >= 15 is 0 Å². The summed E-state index contributed by atoms with van der Waals surface area (Å²) >= 11 is 1.91. The molecule has 1 heterocycles. The molecule has 0 saturated carbocycles. The van der Waals surface area contributed by atoms with Crippen molar-refractivity contribution in [3.63, 3.8) is 0 Å². The maximum absolute atomic E-state index is 8.83. The molecule has 0 aliphatic carbocycles. The van der Waals surface area contributed by atoms with Gasteiger partial charge in [-0.3, -0.25) is 0 Å². The highest BCUT2D eigenvalue weighted by atomic mass is 32.2. The maximum Gasteiger partial charge on any atom is 0.164 e. The van der Waals surface area contributed by atoms with Crippen molar-refractivity contribution in [2.24, 2.45) is 0 Å². The van der Waals surface area contributed by atoms with E-state index in [0.29, 0.717) is 18.5 Å². The normalized spacial score (nSPS) is 18.2. The molecule has 4 nitrogen and oxygen atoms in total. The molecule has 1 aromatic carbocycles. The van der Waals surface area contributed by atoms with Gasteiger partial charge in [0, 0.05) is 5.56 Å². The van der Waals surface area contributed by atoms with Gasteiger partial charge in [-0.05, 0) is 30.2 Å². The monoisotopic (exact) mass is 298 g/mol. The number of ether oxygens (including phenoxy) is 3. The molecule has 1 unspecified atom stereocenters. The fourth-order valence-electron chi connectivity index (χ4n) is 2.52. The fraction of sp³-hybridized carbons (Fsp3) is 0.600. The summed E-state index contributed by atoms with van der Waals surface area (Å²) in [5.74, 6) is 2.74. The molecule has 1 aliphatic heterocycles.